The molecule has 1 heterocycles. The number of hydrogen-bond acceptors (Lipinski definition) is 5. The number of aromatic nitrogens is 3. The van der Waals surface area contributed by atoms with Crippen molar-refractivity contribution < 1.29 is 0 Å². The number of hydrogen-bond donors (Lipinski definition) is 2. The zero-order valence-corrected chi connectivity index (χ0v) is 14.8. The maximum Gasteiger partial charge on any atom is 0.249 e. The van der Waals surface area contributed by atoms with Crippen molar-refractivity contribution in [2.24, 2.45) is 0 Å². The van der Waals surface area contributed by atoms with Crippen LogP contribution in [0, 0.1) is 0 Å². The Morgan fingerprint density at radius 3 is 2.40 bits per heavy atom. The molecule has 0 unspecified atom stereocenters. The highest BCUT2D eigenvalue weighted by molar-refractivity contribution is 5.60. The second-order valence-corrected chi connectivity index (χ2v) is 6.92. The van der Waals surface area contributed by atoms with E-state index in [0.29, 0.717) is 18.3 Å². The quantitative estimate of drug-likeness (QED) is 0.718. The van der Waals surface area contributed by atoms with E-state index in [1.807, 2.05) is 36.4 Å². The molecule has 0 aliphatic carbocycles. The van der Waals surface area contributed by atoms with Crippen LogP contribution < -0.4 is 10.6 Å². The van der Waals surface area contributed by atoms with Crippen molar-refractivity contribution >= 4 is 17.5 Å². The lowest BCUT2D eigenvalue weighted by Gasteiger charge is -2.22. The molecule has 0 fully saturated rings. The molecule has 0 saturated heterocycles. The summed E-state index contributed by atoms with van der Waals surface area (Å²) in [6.07, 6.45) is 1.63. The van der Waals surface area contributed by atoms with E-state index < -0.39 is 0 Å². The highest BCUT2D eigenvalue weighted by Gasteiger charge is 2.18. The van der Waals surface area contributed by atoms with Crippen molar-refractivity contribution in [1.29, 1.82) is 0 Å². The first kappa shape index (κ1) is 16.9. The van der Waals surface area contributed by atoms with Crippen LogP contribution in [0.25, 0.3) is 0 Å². The molecule has 3 rings (SSSR count). The molecule has 3 aromatic rings. The molecule has 0 radical (unpaired) electrons. The molecule has 5 nitrogen and oxygen atoms in total. The molecule has 128 valence electrons. The van der Waals surface area contributed by atoms with Crippen molar-refractivity contribution in [2.75, 3.05) is 10.6 Å². The van der Waals surface area contributed by atoms with Gasteiger partial charge in [-0.05, 0) is 22.6 Å². The molecule has 25 heavy (non-hydrogen) atoms. The third-order valence-corrected chi connectivity index (χ3v) is 3.86. The van der Waals surface area contributed by atoms with Crippen LogP contribution in [0.15, 0.2) is 60.8 Å². The fraction of sp³-hybridized carbons (Fsp3) is 0.250. The lowest BCUT2D eigenvalue weighted by atomic mass is 9.86. The molecule has 0 atom stereocenters. The monoisotopic (exact) mass is 333 g/mol. The summed E-state index contributed by atoms with van der Waals surface area (Å²) in [6, 6.07) is 18.4. The van der Waals surface area contributed by atoms with E-state index in [4.69, 9.17) is 0 Å². The minimum Gasteiger partial charge on any atom is -0.365 e. The van der Waals surface area contributed by atoms with Gasteiger partial charge in [-0.25, -0.2) is 0 Å². The predicted octanol–water partition coefficient (Wildman–Crippen LogP) is 4.52. The van der Waals surface area contributed by atoms with Gasteiger partial charge in [-0.15, -0.1) is 5.10 Å². The van der Waals surface area contributed by atoms with Gasteiger partial charge in [0.15, 0.2) is 5.82 Å². The highest BCUT2D eigenvalue weighted by atomic mass is 15.3. The van der Waals surface area contributed by atoms with Crippen molar-refractivity contribution in [3.8, 4) is 0 Å². The van der Waals surface area contributed by atoms with Crippen molar-refractivity contribution in [3.63, 3.8) is 0 Å². The number of rotatable bonds is 5. The van der Waals surface area contributed by atoms with Crippen LogP contribution in [0.2, 0.25) is 0 Å². The summed E-state index contributed by atoms with van der Waals surface area (Å²) in [5, 5.41) is 14.7. The number of nitrogens with one attached hydrogen (secondary N) is 2. The molecule has 2 aromatic carbocycles. The highest BCUT2D eigenvalue weighted by Crippen LogP contribution is 2.30. The Morgan fingerprint density at radius 1 is 0.920 bits per heavy atom. The van der Waals surface area contributed by atoms with E-state index in [1.165, 1.54) is 11.1 Å². The van der Waals surface area contributed by atoms with Crippen LogP contribution >= 0.6 is 0 Å². The lowest BCUT2D eigenvalue weighted by molar-refractivity contribution is 0.592. The van der Waals surface area contributed by atoms with Gasteiger partial charge in [0.25, 0.3) is 0 Å². The van der Waals surface area contributed by atoms with Gasteiger partial charge in [-0.2, -0.15) is 10.1 Å². The average molecular weight is 333 g/mol. The van der Waals surface area contributed by atoms with Gasteiger partial charge in [0.05, 0.1) is 6.20 Å². The van der Waals surface area contributed by atoms with Gasteiger partial charge < -0.3 is 10.6 Å². The van der Waals surface area contributed by atoms with Crippen molar-refractivity contribution in [2.45, 2.75) is 32.7 Å². The Kier molecular flexibility index (Phi) is 4.93. The Bertz CT molecular complexity index is 825. The first-order valence-electron chi connectivity index (χ1n) is 8.36. The molecule has 0 saturated carbocycles. The molecule has 2 N–H and O–H groups in total. The van der Waals surface area contributed by atoms with Crippen LogP contribution in [0.1, 0.15) is 31.9 Å². The van der Waals surface area contributed by atoms with Crippen molar-refractivity contribution in [1.82, 2.24) is 15.2 Å². The van der Waals surface area contributed by atoms with Crippen LogP contribution in [0.4, 0.5) is 17.5 Å². The van der Waals surface area contributed by atoms with E-state index in [9.17, 15) is 0 Å². The van der Waals surface area contributed by atoms with Crippen LogP contribution in [-0.4, -0.2) is 15.2 Å². The maximum atomic E-state index is 4.51. The molecule has 1 aromatic heterocycles. The normalized spacial score (nSPS) is 11.2. The molecule has 0 aliphatic rings. The first-order chi connectivity index (χ1) is 12.0. The van der Waals surface area contributed by atoms with Crippen molar-refractivity contribution in [3.05, 3.63) is 71.9 Å². The fourth-order valence-corrected chi connectivity index (χ4v) is 2.60. The van der Waals surface area contributed by atoms with Crippen LogP contribution in [-0.2, 0) is 12.0 Å². The number of para-hydroxylation sites is 1. The summed E-state index contributed by atoms with van der Waals surface area (Å²) >= 11 is 0. The fourth-order valence-electron chi connectivity index (χ4n) is 2.60. The lowest BCUT2D eigenvalue weighted by Crippen LogP contribution is -2.14. The van der Waals surface area contributed by atoms with E-state index in [1.54, 1.807) is 6.20 Å². The van der Waals surface area contributed by atoms with E-state index in [2.05, 4.69) is 64.8 Å². The number of anilines is 3. The Hall–Kier alpha value is -2.95. The largest absolute Gasteiger partial charge is 0.365 e. The van der Waals surface area contributed by atoms with E-state index in [-0.39, 0.29) is 5.41 Å². The summed E-state index contributed by atoms with van der Waals surface area (Å²) in [5.41, 5.74) is 3.42. The van der Waals surface area contributed by atoms with Gasteiger partial charge in [-0.3, -0.25) is 0 Å². The van der Waals surface area contributed by atoms with E-state index in [0.717, 1.165) is 5.69 Å². The van der Waals surface area contributed by atoms with Gasteiger partial charge in [0.2, 0.25) is 5.95 Å². The van der Waals surface area contributed by atoms with E-state index >= 15 is 0 Å². The van der Waals surface area contributed by atoms with Gasteiger partial charge in [0.1, 0.15) is 0 Å². The SMILES string of the molecule is CC(C)(C)c1ccccc1Nc1nncc(NCc2ccccc2)n1. The Balaban J connectivity index is 1.74. The average Bonchev–Trinajstić information content (AvgIpc) is 2.61. The molecular formula is C20H23N5. The Morgan fingerprint density at radius 2 is 1.64 bits per heavy atom. The number of nitrogens with zero attached hydrogens (tertiary/aromatic N) is 3. The molecule has 0 bridgehead atoms. The van der Waals surface area contributed by atoms with Gasteiger partial charge in [-0.1, -0.05) is 69.3 Å². The molecule has 0 spiro atoms. The number of benzene rings is 2. The standard InChI is InChI=1S/C20H23N5/c1-20(2,3)16-11-7-8-12-17(16)23-19-24-18(14-22-25-19)21-13-15-9-5-4-6-10-15/h4-12,14H,13H2,1-3H3,(H2,21,23,24,25). The summed E-state index contributed by atoms with van der Waals surface area (Å²) in [5.74, 6) is 1.17. The van der Waals surface area contributed by atoms with Gasteiger partial charge in [0, 0.05) is 12.2 Å². The topological polar surface area (TPSA) is 62.7 Å². The summed E-state index contributed by atoms with van der Waals surface area (Å²) in [7, 11) is 0. The first-order valence-corrected chi connectivity index (χ1v) is 8.36. The molecule has 0 amide bonds. The summed E-state index contributed by atoms with van der Waals surface area (Å²) in [4.78, 5) is 4.51. The summed E-state index contributed by atoms with van der Waals surface area (Å²) < 4.78 is 0. The summed E-state index contributed by atoms with van der Waals surface area (Å²) in [6.45, 7) is 7.25. The minimum absolute atomic E-state index is 0.0280. The van der Waals surface area contributed by atoms with Gasteiger partial charge >= 0.3 is 0 Å². The Labute approximate surface area is 148 Å². The zero-order valence-electron chi connectivity index (χ0n) is 14.8. The third kappa shape index (κ3) is 4.53. The molecule has 0 aliphatic heterocycles. The molecular weight excluding hydrogens is 310 g/mol. The second-order valence-electron chi connectivity index (χ2n) is 6.92. The zero-order chi connectivity index (χ0) is 17.7. The molecule has 5 heteroatoms. The smallest absolute Gasteiger partial charge is 0.249 e. The van der Waals surface area contributed by atoms with Crippen LogP contribution in [0.5, 0.6) is 0 Å². The predicted molar refractivity (Wildman–Crippen MR) is 102 cm³/mol. The second kappa shape index (κ2) is 7.30. The van der Waals surface area contributed by atoms with Crippen LogP contribution in [0.3, 0.4) is 0 Å². The maximum absolute atomic E-state index is 4.51. The third-order valence-electron chi connectivity index (χ3n) is 3.86. The minimum atomic E-state index is 0.0280.